The predicted molar refractivity (Wildman–Crippen MR) is 108 cm³/mol. The quantitative estimate of drug-likeness (QED) is 0.604. The predicted octanol–water partition coefficient (Wildman–Crippen LogP) is 5.09. The van der Waals surface area contributed by atoms with Crippen LogP contribution >= 0.6 is 39.3 Å². The number of hydrogen-bond acceptors (Lipinski definition) is 3. The summed E-state index contributed by atoms with van der Waals surface area (Å²) < 4.78 is 1.07. The molecule has 0 amide bonds. The van der Waals surface area contributed by atoms with E-state index >= 15 is 0 Å². The molecule has 1 aliphatic rings. The molecule has 1 heterocycles. The second kappa shape index (κ2) is 9.25. The van der Waals surface area contributed by atoms with Gasteiger partial charge >= 0.3 is 0 Å². The first-order valence-corrected chi connectivity index (χ1v) is 10.4. The second-order valence-electron chi connectivity index (χ2n) is 6.16. The Hall–Kier alpha value is -0.520. The fraction of sp³-hybridized carbons (Fsp3) is 0.368. The second-order valence-corrected chi connectivity index (χ2v) is 8.50. The van der Waals surface area contributed by atoms with Crippen molar-refractivity contribution in [1.82, 2.24) is 10.6 Å². The van der Waals surface area contributed by atoms with Crippen LogP contribution in [0.5, 0.6) is 0 Å². The molecule has 0 bridgehead atoms. The van der Waals surface area contributed by atoms with Gasteiger partial charge in [0.25, 0.3) is 0 Å². The van der Waals surface area contributed by atoms with E-state index in [1.54, 1.807) is 0 Å². The first kappa shape index (κ1) is 18.3. The van der Waals surface area contributed by atoms with Gasteiger partial charge in [-0.05, 0) is 67.4 Å². The van der Waals surface area contributed by atoms with Crippen molar-refractivity contribution in [1.29, 1.82) is 0 Å². The lowest BCUT2D eigenvalue weighted by Crippen LogP contribution is -2.24. The van der Waals surface area contributed by atoms with Gasteiger partial charge in [-0.3, -0.25) is 0 Å². The van der Waals surface area contributed by atoms with Gasteiger partial charge in [0.2, 0.25) is 0 Å². The summed E-state index contributed by atoms with van der Waals surface area (Å²) in [6, 6.07) is 14.8. The molecule has 2 nitrogen and oxygen atoms in total. The highest BCUT2D eigenvalue weighted by atomic mass is 79.9. The third-order valence-corrected chi connectivity index (χ3v) is 6.25. The zero-order valence-electron chi connectivity index (χ0n) is 13.5. The van der Waals surface area contributed by atoms with Crippen LogP contribution in [0.15, 0.2) is 51.8 Å². The summed E-state index contributed by atoms with van der Waals surface area (Å²) in [5, 5.41) is 7.77. The molecule has 1 saturated heterocycles. The van der Waals surface area contributed by atoms with Gasteiger partial charge in [0, 0.05) is 26.7 Å². The monoisotopic (exact) mass is 424 g/mol. The Bertz CT molecular complexity index is 674. The van der Waals surface area contributed by atoms with E-state index in [0.29, 0.717) is 0 Å². The van der Waals surface area contributed by atoms with E-state index < -0.39 is 0 Å². The number of nitrogens with one attached hydrogen (secondary N) is 2. The molecular weight excluding hydrogens is 404 g/mol. The summed E-state index contributed by atoms with van der Waals surface area (Å²) in [5.74, 6) is 1.72. The number of hydrogen-bond donors (Lipinski definition) is 2. The molecule has 2 aromatic rings. The van der Waals surface area contributed by atoms with Crippen molar-refractivity contribution in [3.63, 3.8) is 0 Å². The van der Waals surface area contributed by atoms with Crippen LogP contribution in [0.4, 0.5) is 0 Å². The number of rotatable bonds is 7. The van der Waals surface area contributed by atoms with Crippen molar-refractivity contribution in [2.75, 3.05) is 19.6 Å². The maximum absolute atomic E-state index is 6.00. The lowest BCUT2D eigenvalue weighted by molar-refractivity contribution is 0.512. The van der Waals surface area contributed by atoms with Crippen molar-refractivity contribution >= 4 is 39.3 Å². The van der Waals surface area contributed by atoms with Crippen LogP contribution in [0.3, 0.4) is 0 Å². The van der Waals surface area contributed by atoms with Crippen LogP contribution in [0.2, 0.25) is 5.02 Å². The first-order chi connectivity index (χ1) is 11.7. The Kier molecular flexibility index (Phi) is 7.05. The molecule has 2 aromatic carbocycles. The van der Waals surface area contributed by atoms with Gasteiger partial charge in [-0.2, -0.15) is 0 Å². The maximum Gasteiger partial charge on any atom is 0.0417 e. The zero-order valence-corrected chi connectivity index (χ0v) is 16.7. The minimum atomic E-state index is 0.765. The van der Waals surface area contributed by atoms with E-state index in [1.165, 1.54) is 29.0 Å². The fourth-order valence-electron chi connectivity index (χ4n) is 2.85. The van der Waals surface area contributed by atoms with Gasteiger partial charge in [-0.15, -0.1) is 11.8 Å². The summed E-state index contributed by atoms with van der Waals surface area (Å²) in [6.45, 7) is 4.36. The van der Waals surface area contributed by atoms with Gasteiger partial charge in [-0.25, -0.2) is 0 Å². The van der Waals surface area contributed by atoms with Crippen molar-refractivity contribution < 1.29 is 0 Å². The van der Waals surface area contributed by atoms with Crippen LogP contribution in [-0.2, 0) is 12.3 Å². The van der Waals surface area contributed by atoms with Crippen molar-refractivity contribution in [2.45, 2.75) is 23.6 Å². The van der Waals surface area contributed by atoms with Gasteiger partial charge in [-0.1, -0.05) is 45.7 Å². The average molecular weight is 426 g/mol. The molecule has 1 atom stereocenters. The van der Waals surface area contributed by atoms with Crippen LogP contribution in [0, 0.1) is 5.92 Å². The third-order valence-electron chi connectivity index (χ3n) is 4.23. The summed E-state index contributed by atoms with van der Waals surface area (Å²) in [5.41, 5.74) is 2.61. The highest BCUT2D eigenvalue weighted by Crippen LogP contribution is 2.29. The first-order valence-electron chi connectivity index (χ1n) is 8.28. The number of thioether (sulfide) groups is 1. The van der Waals surface area contributed by atoms with E-state index in [9.17, 15) is 0 Å². The molecule has 0 saturated carbocycles. The number of benzene rings is 2. The maximum atomic E-state index is 6.00. The topological polar surface area (TPSA) is 24.1 Å². The van der Waals surface area contributed by atoms with E-state index in [1.807, 2.05) is 23.9 Å². The SMILES string of the molecule is Clc1ccc(CSc2cccc(CNCC3CCNC3)c2)c(Br)c1. The molecule has 1 unspecified atom stereocenters. The van der Waals surface area contributed by atoms with Gasteiger partial charge in [0.1, 0.15) is 0 Å². The summed E-state index contributed by atoms with van der Waals surface area (Å²) in [6.07, 6.45) is 1.29. The van der Waals surface area contributed by atoms with E-state index in [4.69, 9.17) is 11.6 Å². The summed E-state index contributed by atoms with van der Waals surface area (Å²) in [4.78, 5) is 1.30. The largest absolute Gasteiger partial charge is 0.316 e. The molecule has 1 aliphatic heterocycles. The Morgan fingerprint density at radius 3 is 2.96 bits per heavy atom. The van der Waals surface area contributed by atoms with Crippen molar-refractivity contribution in [3.05, 3.63) is 63.1 Å². The van der Waals surface area contributed by atoms with Crippen molar-refractivity contribution in [2.24, 2.45) is 5.92 Å². The van der Waals surface area contributed by atoms with Crippen LogP contribution in [-0.4, -0.2) is 19.6 Å². The minimum Gasteiger partial charge on any atom is -0.316 e. The fourth-order valence-corrected chi connectivity index (χ4v) is 4.85. The minimum absolute atomic E-state index is 0.765. The Morgan fingerprint density at radius 2 is 2.17 bits per heavy atom. The van der Waals surface area contributed by atoms with E-state index in [0.717, 1.165) is 40.8 Å². The smallest absolute Gasteiger partial charge is 0.0417 e. The molecular formula is C19H22BrClN2S. The molecule has 0 radical (unpaired) electrons. The Balaban J connectivity index is 1.50. The third kappa shape index (κ3) is 5.50. The molecule has 128 valence electrons. The zero-order chi connectivity index (χ0) is 16.8. The molecule has 0 aliphatic carbocycles. The Morgan fingerprint density at radius 1 is 1.25 bits per heavy atom. The molecule has 24 heavy (non-hydrogen) atoms. The van der Waals surface area contributed by atoms with Crippen LogP contribution < -0.4 is 10.6 Å². The molecule has 2 N–H and O–H groups in total. The van der Waals surface area contributed by atoms with Crippen molar-refractivity contribution in [3.8, 4) is 0 Å². The van der Waals surface area contributed by atoms with Crippen LogP contribution in [0.25, 0.3) is 0 Å². The summed E-state index contributed by atoms with van der Waals surface area (Å²) >= 11 is 11.4. The van der Waals surface area contributed by atoms with Gasteiger partial charge < -0.3 is 10.6 Å². The van der Waals surface area contributed by atoms with E-state index in [2.05, 4.69) is 56.9 Å². The molecule has 3 rings (SSSR count). The van der Waals surface area contributed by atoms with Gasteiger partial charge in [0.05, 0.1) is 0 Å². The molecule has 1 fully saturated rings. The normalized spacial score (nSPS) is 17.3. The van der Waals surface area contributed by atoms with Crippen LogP contribution in [0.1, 0.15) is 17.5 Å². The van der Waals surface area contributed by atoms with Gasteiger partial charge in [0.15, 0.2) is 0 Å². The highest BCUT2D eigenvalue weighted by molar-refractivity contribution is 9.10. The summed E-state index contributed by atoms with van der Waals surface area (Å²) in [7, 11) is 0. The lowest BCUT2D eigenvalue weighted by atomic mass is 10.1. The van der Waals surface area contributed by atoms with E-state index in [-0.39, 0.29) is 0 Å². The average Bonchev–Trinajstić information content (AvgIpc) is 3.08. The Labute approximate surface area is 161 Å². The molecule has 5 heteroatoms. The molecule has 0 spiro atoms. The standard InChI is InChI=1S/C19H22BrClN2S/c20-19-9-17(21)5-4-16(19)13-24-18-3-1-2-14(8-18)10-23-12-15-6-7-22-11-15/h1-5,8-9,15,22-23H,6-7,10-13H2. The highest BCUT2D eigenvalue weighted by Gasteiger charge is 2.13. The number of halogens is 2. The lowest BCUT2D eigenvalue weighted by Gasteiger charge is -2.11. The molecule has 0 aromatic heterocycles.